The Labute approximate surface area is 129 Å². The van der Waals surface area contributed by atoms with E-state index in [4.69, 9.17) is 0 Å². The SMILES string of the molecule is COC(=O)CNC(=O)CSc1nnnn1-c1cccc(F)c1. The van der Waals surface area contributed by atoms with Gasteiger partial charge >= 0.3 is 5.97 Å². The summed E-state index contributed by atoms with van der Waals surface area (Å²) in [5.41, 5.74) is 0.447. The molecule has 116 valence electrons. The number of thioether (sulfide) groups is 1. The Morgan fingerprint density at radius 1 is 1.45 bits per heavy atom. The van der Waals surface area contributed by atoms with Crippen LogP contribution in [0.1, 0.15) is 0 Å². The van der Waals surface area contributed by atoms with Crippen LogP contribution < -0.4 is 5.32 Å². The topological polar surface area (TPSA) is 99.0 Å². The molecule has 0 saturated heterocycles. The van der Waals surface area contributed by atoms with E-state index in [-0.39, 0.29) is 18.2 Å². The summed E-state index contributed by atoms with van der Waals surface area (Å²) >= 11 is 1.06. The Morgan fingerprint density at radius 3 is 3.00 bits per heavy atom. The maximum absolute atomic E-state index is 13.2. The van der Waals surface area contributed by atoms with Gasteiger partial charge in [0.25, 0.3) is 0 Å². The lowest BCUT2D eigenvalue weighted by molar-refractivity contribution is -0.140. The fourth-order valence-electron chi connectivity index (χ4n) is 1.46. The summed E-state index contributed by atoms with van der Waals surface area (Å²) in [5, 5.41) is 13.8. The molecule has 0 fully saturated rings. The summed E-state index contributed by atoms with van der Waals surface area (Å²) in [4.78, 5) is 22.5. The van der Waals surface area contributed by atoms with Crippen molar-refractivity contribution >= 4 is 23.6 Å². The Hall–Kier alpha value is -2.49. The highest BCUT2D eigenvalue weighted by Gasteiger charge is 2.12. The summed E-state index contributed by atoms with van der Waals surface area (Å²) in [7, 11) is 1.23. The normalized spacial score (nSPS) is 10.3. The van der Waals surface area contributed by atoms with Gasteiger partial charge in [0.1, 0.15) is 12.4 Å². The van der Waals surface area contributed by atoms with Gasteiger partial charge in [-0.25, -0.2) is 4.39 Å². The van der Waals surface area contributed by atoms with E-state index in [2.05, 4.69) is 25.6 Å². The standard InChI is InChI=1S/C12H12FN5O3S/c1-21-11(20)6-14-10(19)7-22-12-15-16-17-18(12)9-4-2-3-8(13)5-9/h2-5H,6-7H2,1H3,(H,14,19). The van der Waals surface area contributed by atoms with E-state index in [9.17, 15) is 14.0 Å². The highest BCUT2D eigenvalue weighted by atomic mass is 32.2. The molecule has 0 aliphatic carbocycles. The van der Waals surface area contributed by atoms with Crippen LogP contribution in [0.25, 0.3) is 5.69 Å². The van der Waals surface area contributed by atoms with Crippen LogP contribution in [-0.4, -0.2) is 51.5 Å². The van der Waals surface area contributed by atoms with Gasteiger partial charge in [0, 0.05) is 0 Å². The zero-order valence-corrected chi connectivity index (χ0v) is 12.3. The van der Waals surface area contributed by atoms with Crippen LogP contribution in [0, 0.1) is 5.82 Å². The first kappa shape index (κ1) is 15.9. The van der Waals surface area contributed by atoms with Gasteiger partial charge in [-0.1, -0.05) is 17.8 Å². The molecule has 2 rings (SSSR count). The minimum Gasteiger partial charge on any atom is -0.468 e. The van der Waals surface area contributed by atoms with Gasteiger partial charge in [0.2, 0.25) is 11.1 Å². The molecular weight excluding hydrogens is 313 g/mol. The van der Waals surface area contributed by atoms with E-state index in [1.54, 1.807) is 6.07 Å². The first-order valence-corrected chi connectivity index (χ1v) is 7.09. The lowest BCUT2D eigenvalue weighted by Crippen LogP contribution is -2.31. The lowest BCUT2D eigenvalue weighted by Gasteiger charge is -2.05. The molecular formula is C12H12FN5O3S. The number of hydrogen-bond acceptors (Lipinski definition) is 7. The van der Waals surface area contributed by atoms with Crippen molar-refractivity contribution in [1.29, 1.82) is 0 Å². The van der Waals surface area contributed by atoms with E-state index in [1.165, 1.54) is 30.0 Å². The number of rotatable bonds is 6. The highest BCUT2D eigenvalue weighted by molar-refractivity contribution is 7.99. The number of nitrogens with zero attached hydrogens (tertiary/aromatic N) is 4. The van der Waals surface area contributed by atoms with E-state index in [1.807, 2.05) is 0 Å². The first-order chi connectivity index (χ1) is 10.6. The van der Waals surface area contributed by atoms with E-state index < -0.39 is 11.8 Å². The minimum absolute atomic E-state index is 0.00663. The van der Waals surface area contributed by atoms with E-state index in [0.717, 1.165) is 11.8 Å². The maximum Gasteiger partial charge on any atom is 0.325 e. The fraction of sp³-hybridized carbons (Fsp3) is 0.250. The Balaban J connectivity index is 1.96. The Bertz CT molecular complexity index is 678. The molecule has 2 aromatic rings. The number of aromatic nitrogens is 4. The second-order valence-corrected chi connectivity index (χ2v) is 4.94. The molecule has 0 aliphatic heterocycles. The number of halogens is 1. The van der Waals surface area contributed by atoms with Crippen molar-refractivity contribution in [3.63, 3.8) is 0 Å². The molecule has 0 aliphatic rings. The summed E-state index contributed by atoms with van der Waals surface area (Å²) in [6, 6.07) is 5.75. The molecule has 1 amide bonds. The molecule has 1 aromatic carbocycles. The molecule has 0 radical (unpaired) electrons. The molecule has 0 bridgehead atoms. The molecule has 22 heavy (non-hydrogen) atoms. The van der Waals surface area contributed by atoms with Crippen molar-refractivity contribution < 1.29 is 18.7 Å². The predicted octanol–water partition coefficient (Wildman–Crippen LogP) is 0.183. The van der Waals surface area contributed by atoms with Crippen LogP contribution in [0.3, 0.4) is 0 Å². The number of tetrazole rings is 1. The van der Waals surface area contributed by atoms with Gasteiger partial charge in [-0.3, -0.25) is 9.59 Å². The number of carbonyl (C=O) groups excluding carboxylic acids is 2. The first-order valence-electron chi connectivity index (χ1n) is 6.11. The van der Waals surface area contributed by atoms with Gasteiger partial charge in [0.05, 0.1) is 18.6 Å². The quantitative estimate of drug-likeness (QED) is 0.597. The molecule has 0 unspecified atom stereocenters. The minimum atomic E-state index is -0.539. The fourth-order valence-corrected chi connectivity index (χ4v) is 2.18. The molecule has 0 spiro atoms. The summed E-state index contributed by atoms with van der Waals surface area (Å²) in [6.07, 6.45) is 0. The maximum atomic E-state index is 13.2. The molecule has 0 saturated carbocycles. The van der Waals surface area contributed by atoms with Gasteiger partial charge < -0.3 is 10.1 Å². The van der Waals surface area contributed by atoms with Crippen LogP contribution >= 0.6 is 11.8 Å². The summed E-state index contributed by atoms with van der Waals surface area (Å²) < 4.78 is 18.9. The molecule has 1 N–H and O–H groups in total. The monoisotopic (exact) mass is 325 g/mol. The predicted molar refractivity (Wildman–Crippen MR) is 74.9 cm³/mol. The third-order valence-corrected chi connectivity index (χ3v) is 3.40. The second kappa shape index (κ2) is 7.50. The Kier molecular flexibility index (Phi) is 5.42. The van der Waals surface area contributed by atoms with Crippen LogP contribution in [0.4, 0.5) is 4.39 Å². The van der Waals surface area contributed by atoms with Crippen molar-refractivity contribution in [2.75, 3.05) is 19.4 Å². The molecule has 1 heterocycles. The summed E-state index contributed by atoms with van der Waals surface area (Å²) in [6.45, 7) is -0.204. The zero-order chi connectivity index (χ0) is 15.9. The van der Waals surface area contributed by atoms with Crippen molar-refractivity contribution in [2.24, 2.45) is 0 Å². The highest BCUT2D eigenvalue weighted by Crippen LogP contribution is 2.18. The van der Waals surface area contributed by atoms with Gasteiger partial charge in [-0.15, -0.1) is 5.10 Å². The smallest absolute Gasteiger partial charge is 0.325 e. The van der Waals surface area contributed by atoms with Crippen molar-refractivity contribution in [3.05, 3.63) is 30.1 Å². The average Bonchev–Trinajstić information content (AvgIpc) is 2.99. The number of nitrogens with one attached hydrogen (secondary N) is 1. The Morgan fingerprint density at radius 2 is 2.27 bits per heavy atom. The van der Waals surface area contributed by atoms with Crippen LogP contribution in [-0.2, 0) is 14.3 Å². The zero-order valence-electron chi connectivity index (χ0n) is 11.5. The number of esters is 1. The number of amides is 1. The largest absolute Gasteiger partial charge is 0.468 e. The molecule has 1 aromatic heterocycles. The lowest BCUT2D eigenvalue weighted by atomic mass is 10.3. The molecule has 8 nitrogen and oxygen atoms in total. The third kappa shape index (κ3) is 4.25. The van der Waals surface area contributed by atoms with E-state index >= 15 is 0 Å². The van der Waals surface area contributed by atoms with Crippen LogP contribution in [0.5, 0.6) is 0 Å². The van der Waals surface area contributed by atoms with Gasteiger partial charge in [-0.05, 0) is 28.6 Å². The number of hydrogen-bond donors (Lipinski definition) is 1. The van der Waals surface area contributed by atoms with Gasteiger partial charge in [0.15, 0.2) is 0 Å². The van der Waals surface area contributed by atoms with Crippen LogP contribution in [0.2, 0.25) is 0 Å². The number of carbonyl (C=O) groups is 2. The van der Waals surface area contributed by atoms with Crippen molar-refractivity contribution in [1.82, 2.24) is 25.5 Å². The average molecular weight is 325 g/mol. The van der Waals surface area contributed by atoms with Gasteiger partial charge in [-0.2, -0.15) is 4.68 Å². The number of methoxy groups -OCH3 is 1. The molecule has 10 heteroatoms. The molecule has 0 atom stereocenters. The third-order valence-electron chi connectivity index (χ3n) is 2.48. The van der Waals surface area contributed by atoms with Crippen molar-refractivity contribution in [2.45, 2.75) is 5.16 Å². The summed E-state index contributed by atoms with van der Waals surface area (Å²) in [5.74, 6) is -1.32. The van der Waals surface area contributed by atoms with Crippen LogP contribution in [0.15, 0.2) is 29.4 Å². The van der Waals surface area contributed by atoms with E-state index in [0.29, 0.717) is 10.8 Å². The van der Waals surface area contributed by atoms with Crippen molar-refractivity contribution in [3.8, 4) is 5.69 Å². The second-order valence-electron chi connectivity index (χ2n) is 3.99. The number of benzene rings is 1. The number of ether oxygens (including phenoxy) is 1.